The molecule has 0 spiro atoms. The highest BCUT2D eigenvalue weighted by molar-refractivity contribution is 9.10. The Labute approximate surface area is 228 Å². The van der Waals surface area contributed by atoms with Gasteiger partial charge in [-0.2, -0.15) is 4.31 Å². The normalized spacial score (nSPS) is 14.6. The lowest BCUT2D eigenvalue weighted by molar-refractivity contribution is 0.0973. The molecular formula is C26H34BrN3O4S2. The molecule has 0 saturated heterocycles. The Morgan fingerprint density at radius 1 is 1.14 bits per heavy atom. The predicted molar refractivity (Wildman–Crippen MR) is 151 cm³/mol. The van der Waals surface area contributed by atoms with Crippen LogP contribution in [0.1, 0.15) is 62.7 Å². The van der Waals surface area contributed by atoms with Gasteiger partial charge >= 0.3 is 0 Å². The second kappa shape index (κ2) is 13.0. The van der Waals surface area contributed by atoms with Gasteiger partial charge in [-0.3, -0.25) is 10.1 Å². The fourth-order valence-electron chi connectivity index (χ4n) is 4.06. The summed E-state index contributed by atoms with van der Waals surface area (Å²) in [6.45, 7) is 4.73. The molecule has 2 aromatic rings. The number of amides is 1. The fourth-order valence-corrected chi connectivity index (χ4v) is 6.05. The molecule has 1 aliphatic carbocycles. The van der Waals surface area contributed by atoms with Crippen molar-refractivity contribution in [3.05, 3.63) is 52.5 Å². The van der Waals surface area contributed by atoms with E-state index in [-0.39, 0.29) is 16.0 Å². The van der Waals surface area contributed by atoms with Crippen LogP contribution in [0, 0.1) is 5.92 Å². The molecule has 7 nitrogen and oxygen atoms in total. The molecule has 2 aromatic carbocycles. The van der Waals surface area contributed by atoms with Crippen LogP contribution < -0.4 is 15.4 Å². The number of carbonyl (C=O) groups excluding carboxylic acids is 1. The van der Waals surface area contributed by atoms with E-state index in [2.05, 4.69) is 40.4 Å². The number of hydrogen-bond donors (Lipinski definition) is 2. The Kier molecular flexibility index (Phi) is 10.3. The number of benzene rings is 2. The average Bonchev–Trinajstić information content (AvgIpc) is 2.85. The van der Waals surface area contributed by atoms with E-state index in [1.54, 1.807) is 43.4 Å². The maximum Gasteiger partial charge on any atom is 0.261 e. The third kappa shape index (κ3) is 7.74. The van der Waals surface area contributed by atoms with E-state index in [1.807, 2.05) is 6.07 Å². The topological polar surface area (TPSA) is 87.7 Å². The van der Waals surface area contributed by atoms with Crippen molar-refractivity contribution < 1.29 is 17.9 Å². The molecule has 0 aromatic heterocycles. The van der Waals surface area contributed by atoms with Crippen molar-refractivity contribution in [2.75, 3.05) is 19.0 Å². The molecule has 1 aliphatic rings. The van der Waals surface area contributed by atoms with Crippen molar-refractivity contribution in [2.45, 2.75) is 63.3 Å². The SMILES string of the molecule is CC(C)CCOc1ccc(Br)cc1C(=O)NC(=S)Nc1ccc(S(=O)(=O)N(C)C2CCCCC2)cc1. The Hall–Kier alpha value is -2.01. The highest BCUT2D eigenvalue weighted by Crippen LogP contribution is 2.27. The zero-order valence-electron chi connectivity index (χ0n) is 20.9. The number of carbonyl (C=O) groups is 1. The lowest BCUT2D eigenvalue weighted by Crippen LogP contribution is -2.38. The van der Waals surface area contributed by atoms with Crippen LogP contribution in [0.3, 0.4) is 0 Å². The first kappa shape index (κ1) is 28.6. The van der Waals surface area contributed by atoms with Crippen molar-refractivity contribution in [2.24, 2.45) is 5.92 Å². The monoisotopic (exact) mass is 595 g/mol. The van der Waals surface area contributed by atoms with Gasteiger partial charge < -0.3 is 10.1 Å². The Bertz CT molecular complexity index is 1160. The molecule has 0 atom stereocenters. The van der Waals surface area contributed by atoms with Crippen molar-refractivity contribution in [3.63, 3.8) is 0 Å². The summed E-state index contributed by atoms with van der Waals surface area (Å²) in [6.07, 6.45) is 5.94. The Morgan fingerprint density at radius 3 is 2.44 bits per heavy atom. The van der Waals surface area contributed by atoms with Crippen LogP contribution in [0.2, 0.25) is 0 Å². The molecular weight excluding hydrogens is 562 g/mol. The maximum absolute atomic E-state index is 13.0. The fraction of sp³-hybridized carbons (Fsp3) is 0.462. The van der Waals surface area contributed by atoms with E-state index < -0.39 is 15.9 Å². The number of nitrogens with one attached hydrogen (secondary N) is 2. The number of nitrogens with zero attached hydrogens (tertiary/aromatic N) is 1. The van der Waals surface area contributed by atoms with E-state index >= 15 is 0 Å². The minimum absolute atomic E-state index is 0.0432. The summed E-state index contributed by atoms with van der Waals surface area (Å²) in [5.74, 6) is 0.570. The van der Waals surface area contributed by atoms with Crippen LogP contribution in [0.5, 0.6) is 5.75 Å². The van der Waals surface area contributed by atoms with E-state index in [0.717, 1.165) is 43.0 Å². The van der Waals surface area contributed by atoms with Gasteiger partial charge in [0.05, 0.1) is 17.1 Å². The molecule has 196 valence electrons. The lowest BCUT2D eigenvalue weighted by Gasteiger charge is -2.30. The molecule has 1 amide bonds. The van der Waals surface area contributed by atoms with Gasteiger partial charge in [-0.1, -0.05) is 49.0 Å². The highest BCUT2D eigenvalue weighted by Gasteiger charge is 2.29. The van der Waals surface area contributed by atoms with Crippen LogP contribution in [-0.4, -0.2) is 43.4 Å². The van der Waals surface area contributed by atoms with Gasteiger partial charge in [0.15, 0.2) is 5.11 Å². The van der Waals surface area contributed by atoms with E-state index in [1.165, 1.54) is 4.31 Å². The largest absolute Gasteiger partial charge is 0.493 e. The van der Waals surface area contributed by atoms with Gasteiger partial charge in [-0.15, -0.1) is 0 Å². The van der Waals surface area contributed by atoms with E-state index in [4.69, 9.17) is 17.0 Å². The van der Waals surface area contributed by atoms with Crippen molar-refractivity contribution in [1.82, 2.24) is 9.62 Å². The van der Waals surface area contributed by atoms with Crippen molar-refractivity contribution in [1.29, 1.82) is 0 Å². The number of halogens is 1. The molecule has 0 aliphatic heterocycles. The smallest absolute Gasteiger partial charge is 0.261 e. The zero-order chi connectivity index (χ0) is 26.3. The van der Waals surface area contributed by atoms with Gasteiger partial charge in [0.2, 0.25) is 10.0 Å². The first-order valence-electron chi connectivity index (χ1n) is 12.2. The molecule has 3 rings (SSSR count). The Morgan fingerprint density at radius 2 is 1.81 bits per heavy atom. The first-order chi connectivity index (χ1) is 17.1. The van der Waals surface area contributed by atoms with Crippen LogP contribution >= 0.6 is 28.1 Å². The van der Waals surface area contributed by atoms with Gasteiger partial charge in [0.25, 0.3) is 5.91 Å². The molecule has 1 fully saturated rings. The average molecular weight is 597 g/mol. The van der Waals surface area contributed by atoms with Crippen LogP contribution in [0.4, 0.5) is 5.69 Å². The van der Waals surface area contributed by atoms with Gasteiger partial charge in [-0.25, -0.2) is 8.42 Å². The molecule has 1 saturated carbocycles. The highest BCUT2D eigenvalue weighted by atomic mass is 79.9. The van der Waals surface area contributed by atoms with Crippen LogP contribution in [0.15, 0.2) is 51.8 Å². The standard InChI is InChI=1S/C26H34BrN3O4S2/c1-18(2)15-16-34-24-14-9-19(27)17-23(24)25(31)29-26(35)28-20-10-12-22(13-11-20)36(32,33)30(3)21-7-5-4-6-8-21/h9-14,17-18,21H,4-8,15-16H2,1-3H3,(H2,28,29,31,35). The van der Waals surface area contributed by atoms with E-state index in [0.29, 0.717) is 29.5 Å². The molecule has 36 heavy (non-hydrogen) atoms. The summed E-state index contributed by atoms with van der Waals surface area (Å²) in [7, 11) is -1.92. The summed E-state index contributed by atoms with van der Waals surface area (Å²) < 4.78 is 34.2. The number of ether oxygens (including phenoxy) is 1. The number of thiocarbonyl (C=S) groups is 1. The number of sulfonamides is 1. The summed E-state index contributed by atoms with van der Waals surface area (Å²) >= 11 is 8.72. The second-order valence-electron chi connectivity index (χ2n) is 9.42. The van der Waals surface area contributed by atoms with Crippen LogP contribution in [-0.2, 0) is 10.0 Å². The minimum Gasteiger partial charge on any atom is -0.493 e. The quantitative estimate of drug-likeness (QED) is 0.348. The molecule has 0 heterocycles. The number of rotatable bonds is 9. The van der Waals surface area contributed by atoms with Gasteiger partial charge in [-0.05, 0) is 79.9 Å². The summed E-state index contributed by atoms with van der Waals surface area (Å²) in [6, 6.07) is 11.7. The minimum atomic E-state index is -3.58. The molecule has 2 N–H and O–H groups in total. The summed E-state index contributed by atoms with van der Waals surface area (Å²) in [5.41, 5.74) is 0.937. The van der Waals surface area contributed by atoms with Crippen LogP contribution in [0.25, 0.3) is 0 Å². The molecule has 0 radical (unpaired) electrons. The third-order valence-corrected chi connectivity index (χ3v) is 8.87. The Balaban J connectivity index is 1.62. The predicted octanol–water partition coefficient (Wildman–Crippen LogP) is 5.95. The molecule has 10 heteroatoms. The first-order valence-corrected chi connectivity index (χ1v) is 14.8. The number of hydrogen-bond acceptors (Lipinski definition) is 5. The summed E-state index contributed by atoms with van der Waals surface area (Å²) in [5, 5.41) is 5.72. The molecule has 0 bridgehead atoms. The van der Waals surface area contributed by atoms with E-state index in [9.17, 15) is 13.2 Å². The van der Waals surface area contributed by atoms with Crippen molar-refractivity contribution in [3.8, 4) is 5.75 Å². The third-order valence-electron chi connectivity index (χ3n) is 6.24. The van der Waals surface area contributed by atoms with Crippen molar-refractivity contribution >= 4 is 54.9 Å². The maximum atomic E-state index is 13.0. The zero-order valence-corrected chi connectivity index (χ0v) is 24.1. The lowest BCUT2D eigenvalue weighted by atomic mass is 9.96. The summed E-state index contributed by atoms with van der Waals surface area (Å²) in [4.78, 5) is 13.1. The number of anilines is 1. The molecule has 0 unspecified atom stereocenters. The second-order valence-corrected chi connectivity index (χ2v) is 12.7. The van der Waals surface area contributed by atoms with Gasteiger partial charge in [0.1, 0.15) is 5.75 Å². The van der Waals surface area contributed by atoms with Gasteiger partial charge in [0, 0.05) is 23.2 Å².